The summed E-state index contributed by atoms with van der Waals surface area (Å²) in [5, 5.41) is 4.36. The molecule has 3 rings (SSSR count). The second-order valence-corrected chi connectivity index (χ2v) is 7.15. The summed E-state index contributed by atoms with van der Waals surface area (Å²) in [6.07, 6.45) is 9.51. The van der Waals surface area contributed by atoms with Gasteiger partial charge >= 0.3 is 0 Å². The predicted molar refractivity (Wildman–Crippen MR) is 99.6 cm³/mol. The molecule has 0 radical (unpaired) electrons. The first-order valence-electron chi connectivity index (χ1n) is 9.26. The van der Waals surface area contributed by atoms with Crippen molar-refractivity contribution in [1.82, 2.24) is 29.5 Å². The summed E-state index contributed by atoms with van der Waals surface area (Å²) >= 11 is 0. The summed E-state index contributed by atoms with van der Waals surface area (Å²) in [5.41, 5.74) is 2.45. The number of nitrogens with zero attached hydrogens (tertiary/aromatic N) is 6. The number of piperidine rings is 1. The van der Waals surface area contributed by atoms with Crippen LogP contribution in [-0.4, -0.2) is 62.1 Å². The fourth-order valence-electron chi connectivity index (χ4n) is 3.91. The van der Waals surface area contributed by atoms with Crippen LogP contribution in [0.3, 0.4) is 0 Å². The van der Waals surface area contributed by atoms with Gasteiger partial charge in [-0.1, -0.05) is 6.92 Å². The molecule has 7 nitrogen and oxygen atoms in total. The normalized spacial score (nSPS) is 20.9. The lowest BCUT2D eigenvalue weighted by atomic mass is 9.85. The molecule has 1 amide bonds. The molecule has 0 unspecified atom stereocenters. The van der Waals surface area contributed by atoms with Crippen molar-refractivity contribution in [2.24, 2.45) is 13.0 Å². The Morgan fingerprint density at radius 1 is 1.31 bits per heavy atom. The molecule has 0 bridgehead atoms. The molecule has 1 saturated heterocycles. The maximum absolute atomic E-state index is 12.7. The summed E-state index contributed by atoms with van der Waals surface area (Å²) in [6.45, 7) is 6.85. The van der Waals surface area contributed by atoms with E-state index in [1.807, 2.05) is 31.9 Å². The first-order chi connectivity index (χ1) is 12.5. The average Bonchev–Trinajstić information content (AvgIpc) is 3.07. The Bertz CT molecular complexity index is 741. The first kappa shape index (κ1) is 18.5. The molecule has 26 heavy (non-hydrogen) atoms. The van der Waals surface area contributed by atoms with Crippen LogP contribution in [-0.2, 0) is 7.05 Å². The van der Waals surface area contributed by atoms with E-state index in [1.165, 1.54) is 5.56 Å². The van der Waals surface area contributed by atoms with Gasteiger partial charge in [0.05, 0.1) is 18.1 Å². The third-order valence-corrected chi connectivity index (χ3v) is 5.19. The standard InChI is InChI=1S/C19H28N6O/c1-5-25-8-6-7-15(18(25)16-10-22-24(4)13-16)12-23(3)19(26)17-11-20-14(2)9-21-17/h9-11,13,15,18H,5-8,12H2,1-4H3/t15-,18+/m0/s1. The van der Waals surface area contributed by atoms with E-state index in [-0.39, 0.29) is 5.91 Å². The van der Waals surface area contributed by atoms with Gasteiger partial charge in [0.1, 0.15) is 5.69 Å². The number of carbonyl (C=O) groups is 1. The second kappa shape index (κ2) is 7.95. The zero-order valence-electron chi connectivity index (χ0n) is 16.1. The minimum absolute atomic E-state index is 0.0731. The number of rotatable bonds is 5. The lowest BCUT2D eigenvalue weighted by Gasteiger charge is -2.42. The highest BCUT2D eigenvalue weighted by Crippen LogP contribution is 2.36. The summed E-state index contributed by atoms with van der Waals surface area (Å²) in [7, 11) is 3.80. The highest BCUT2D eigenvalue weighted by atomic mass is 16.2. The molecule has 0 saturated carbocycles. The van der Waals surface area contributed by atoms with E-state index in [4.69, 9.17) is 0 Å². The van der Waals surface area contributed by atoms with Crippen molar-refractivity contribution >= 4 is 5.91 Å². The van der Waals surface area contributed by atoms with Gasteiger partial charge in [-0.05, 0) is 38.8 Å². The van der Waals surface area contributed by atoms with Gasteiger partial charge in [-0.25, -0.2) is 4.98 Å². The molecule has 2 aromatic rings. The van der Waals surface area contributed by atoms with Crippen molar-refractivity contribution in [2.45, 2.75) is 32.7 Å². The zero-order chi connectivity index (χ0) is 18.7. The summed E-state index contributed by atoms with van der Waals surface area (Å²) in [5.74, 6) is 0.302. The van der Waals surface area contributed by atoms with Gasteiger partial charge in [0.15, 0.2) is 0 Å². The van der Waals surface area contributed by atoms with Gasteiger partial charge in [-0.2, -0.15) is 5.10 Å². The molecule has 2 atom stereocenters. The summed E-state index contributed by atoms with van der Waals surface area (Å²) < 4.78 is 1.85. The van der Waals surface area contributed by atoms with Gasteiger partial charge in [0.25, 0.3) is 5.91 Å². The minimum Gasteiger partial charge on any atom is -0.340 e. The molecule has 2 aromatic heterocycles. The fraction of sp³-hybridized carbons (Fsp3) is 0.579. The topological polar surface area (TPSA) is 67.2 Å². The fourth-order valence-corrected chi connectivity index (χ4v) is 3.91. The molecule has 0 N–H and O–H groups in total. The van der Waals surface area contributed by atoms with Crippen molar-refractivity contribution in [1.29, 1.82) is 0 Å². The van der Waals surface area contributed by atoms with Crippen molar-refractivity contribution in [3.63, 3.8) is 0 Å². The second-order valence-electron chi connectivity index (χ2n) is 7.15. The van der Waals surface area contributed by atoms with E-state index >= 15 is 0 Å². The predicted octanol–water partition coefficient (Wildman–Crippen LogP) is 2.06. The molecule has 140 valence electrons. The van der Waals surface area contributed by atoms with Gasteiger partial charge < -0.3 is 4.90 Å². The highest BCUT2D eigenvalue weighted by Gasteiger charge is 2.34. The molecule has 0 aromatic carbocycles. The van der Waals surface area contributed by atoms with Crippen LogP contribution in [0.1, 0.15) is 47.6 Å². The van der Waals surface area contributed by atoms with Crippen LogP contribution in [0.5, 0.6) is 0 Å². The molecular formula is C19H28N6O. The molecule has 0 spiro atoms. The van der Waals surface area contributed by atoms with Crippen molar-refractivity contribution in [2.75, 3.05) is 26.7 Å². The van der Waals surface area contributed by atoms with Crippen LogP contribution in [0.25, 0.3) is 0 Å². The van der Waals surface area contributed by atoms with Crippen molar-refractivity contribution in [3.05, 3.63) is 41.7 Å². The van der Waals surface area contributed by atoms with Crippen LogP contribution < -0.4 is 0 Å². The van der Waals surface area contributed by atoms with E-state index < -0.39 is 0 Å². The molecule has 1 aliphatic rings. The number of aryl methyl sites for hydroxylation is 2. The highest BCUT2D eigenvalue weighted by molar-refractivity contribution is 5.91. The van der Waals surface area contributed by atoms with Crippen LogP contribution in [0.4, 0.5) is 0 Å². The molecule has 0 aliphatic carbocycles. The summed E-state index contributed by atoms with van der Waals surface area (Å²) in [6, 6.07) is 0.293. The average molecular weight is 356 g/mol. The van der Waals surface area contributed by atoms with E-state index in [0.29, 0.717) is 24.2 Å². The van der Waals surface area contributed by atoms with Gasteiger partial charge in [0.2, 0.25) is 0 Å². The van der Waals surface area contributed by atoms with Crippen LogP contribution in [0, 0.1) is 12.8 Å². The van der Waals surface area contributed by atoms with Gasteiger partial charge in [-0.3, -0.25) is 19.4 Å². The van der Waals surface area contributed by atoms with E-state index in [0.717, 1.165) is 31.6 Å². The van der Waals surface area contributed by atoms with Crippen LogP contribution in [0.15, 0.2) is 24.8 Å². The molecule has 1 aliphatic heterocycles. The Morgan fingerprint density at radius 3 is 2.73 bits per heavy atom. The molecule has 7 heteroatoms. The molecule has 1 fully saturated rings. The Labute approximate surface area is 155 Å². The van der Waals surface area contributed by atoms with Gasteiger partial charge in [-0.15, -0.1) is 0 Å². The third kappa shape index (κ3) is 3.93. The SMILES string of the molecule is CCN1CCC[C@@H](CN(C)C(=O)c2cnc(C)cn2)[C@@H]1c1cnn(C)c1. The number of hydrogen-bond donors (Lipinski definition) is 0. The van der Waals surface area contributed by atoms with E-state index in [2.05, 4.69) is 33.1 Å². The van der Waals surface area contributed by atoms with Crippen molar-refractivity contribution in [3.8, 4) is 0 Å². The Hall–Kier alpha value is -2.28. The lowest BCUT2D eigenvalue weighted by molar-refractivity contribution is 0.0584. The Kier molecular flexibility index (Phi) is 5.66. The van der Waals surface area contributed by atoms with Gasteiger partial charge in [0, 0.05) is 44.6 Å². The Morgan fingerprint density at radius 2 is 2.12 bits per heavy atom. The number of likely N-dealkylation sites (tertiary alicyclic amines) is 1. The van der Waals surface area contributed by atoms with E-state index in [9.17, 15) is 4.79 Å². The smallest absolute Gasteiger partial charge is 0.273 e. The quantitative estimate of drug-likeness (QED) is 0.820. The molecule has 3 heterocycles. The third-order valence-electron chi connectivity index (χ3n) is 5.19. The van der Waals surface area contributed by atoms with Crippen LogP contribution in [0.2, 0.25) is 0 Å². The molecular weight excluding hydrogens is 328 g/mol. The number of hydrogen-bond acceptors (Lipinski definition) is 5. The largest absolute Gasteiger partial charge is 0.340 e. The lowest BCUT2D eigenvalue weighted by Crippen LogP contribution is -2.44. The monoisotopic (exact) mass is 356 g/mol. The number of aromatic nitrogens is 4. The maximum Gasteiger partial charge on any atom is 0.273 e. The number of carbonyl (C=O) groups excluding carboxylic acids is 1. The maximum atomic E-state index is 12.7. The van der Waals surface area contributed by atoms with E-state index in [1.54, 1.807) is 17.3 Å². The Balaban J connectivity index is 1.77. The van der Waals surface area contributed by atoms with Crippen LogP contribution >= 0.6 is 0 Å². The summed E-state index contributed by atoms with van der Waals surface area (Å²) in [4.78, 5) is 25.4. The van der Waals surface area contributed by atoms with Crippen molar-refractivity contribution < 1.29 is 4.79 Å². The number of amides is 1. The first-order valence-corrected chi connectivity index (χ1v) is 9.26. The minimum atomic E-state index is -0.0731. The zero-order valence-corrected chi connectivity index (χ0v) is 16.1.